The molecule has 0 unspecified atom stereocenters. The lowest BCUT2D eigenvalue weighted by Gasteiger charge is -2.35. The van der Waals surface area contributed by atoms with Gasteiger partial charge in [0.15, 0.2) is 0 Å². The van der Waals surface area contributed by atoms with Crippen LogP contribution in [-0.2, 0) is 6.54 Å². The molecule has 0 amide bonds. The lowest BCUT2D eigenvalue weighted by atomic mass is 9.94. The monoisotopic (exact) mass is 302 g/mol. The molecule has 0 radical (unpaired) electrons. The van der Waals surface area contributed by atoms with Gasteiger partial charge in [0.05, 0.1) is 11.3 Å². The molecule has 21 heavy (non-hydrogen) atoms. The van der Waals surface area contributed by atoms with Crippen LogP contribution in [0, 0.1) is 6.92 Å². The number of aryl methyl sites for hydroxylation is 1. The summed E-state index contributed by atoms with van der Waals surface area (Å²) in [6.07, 6.45) is 1.70. The molecule has 0 aliphatic carbocycles. The average Bonchev–Trinajstić information content (AvgIpc) is 2.91. The second-order valence-electron chi connectivity index (χ2n) is 6.28. The fraction of sp³-hybridized carbons (Fsp3) is 0.471. The zero-order valence-corrected chi connectivity index (χ0v) is 13.5. The number of nitrogens with zero attached hydrogens (tertiary/aromatic N) is 2. The maximum Gasteiger partial charge on any atom is 0.123 e. The molecule has 0 spiro atoms. The van der Waals surface area contributed by atoms with Gasteiger partial charge < -0.3 is 5.11 Å². The number of aliphatic hydroxyl groups is 1. The highest BCUT2D eigenvalue weighted by Gasteiger charge is 2.27. The maximum absolute atomic E-state index is 9.99. The van der Waals surface area contributed by atoms with Crippen molar-refractivity contribution >= 4 is 11.3 Å². The first-order valence-corrected chi connectivity index (χ1v) is 8.36. The van der Waals surface area contributed by atoms with E-state index in [1.54, 1.807) is 11.3 Å². The predicted octanol–water partition coefficient (Wildman–Crippen LogP) is 3.47. The molecule has 0 atom stereocenters. The van der Waals surface area contributed by atoms with Crippen molar-refractivity contribution in [2.75, 3.05) is 13.1 Å². The SMILES string of the molecule is Cc1ccc(-c2nc(CN3CCC(C)(O)CC3)cs2)cc1. The van der Waals surface area contributed by atoms with Crippen molar-refractivity contribution in [3.63, 3.8) is 0 Å². The summed E-state index contributed by atoms with van der Waals surface area (Å²) >= 11 is 1.71. The highest BCUT2D eigenvalue weighted by Crippen LogP contribution is 2.26. The van der Waals surface area contributed by atoms with Gasteiger partial charge in [0.1, 0.15) is 5.01 Å². The van der Waals surface area contributed by atoms with Crippen LogP contribution in [0.15, 0.2) is 29.6 Å². The number of rotatable bonds is 3. The molecule has 1 aliphatic rings. The second kappa shape index (κ2) is 5.87. The minimum Gasteiger partial charge on any atom is -0.390 e. The van der Waals surface area contributed by atoms with Crippen molar-refractivity contribution in [1.82, 2.24) is 9.88 Å². The normalized spacial score (nSPS) is 18.8. The molecule has 1 aromatic heterocycles. The number of hydrogen-bond acceptors (Lipinski definition) is 4. The first kappa shape index (κ1) is 14.7. The first-order valence-electron chi connectivity index (χ1n) is 7.48. The van der Waals surface area contributed by atoms with E-state index >= 15 is 0 Å². The predicted molar refractivity (Wildman–Crippen MR) is 87.4 cm³/mol. The quantitative estimate of drug-likeness (QED) is 0.943. The summed E-state index contributed by atoms with van der Waals surface area (Å²) in [6.45, 7) is 6.82. The standard InChI is InChI=1S/C17H22N2OS/c1-13-3-5-14(6-4-13)16-18-15(12-21-16)11-19-9-7-17(2,20)8-10-19/h3-6,12,20H,7-11H2,1-2H3. The average molecular weight is 302 g/mol. The minimum atomic E-state index is -0.481. The van der Waals surface area contributed by atoms with Crippen LogP contribution >= 0.6 is 11.3 Å². The van der Waals surface area contributed by atoms with E-state index in [0.29, 0.717) is 0 Å². The number of hydrogen-bond donors (Lipinski definition) is 1. The van der Waals surface area contributed by atoms with Crippen molar-refractivity contribution in [2.45, 2.75) is 38.8 Å². The summed E-state index contributed by atoms with van der Waals surface area (Å²) in [5.41, 5.74) is 3.12. The van der Waals surface area contributed by atoms with Crippen molar-refractivity contribution in [1.29, 1.82) is 0 Å². The molecule has 0 bridgehead atoms. The van der Waals surface area contributed by atoms with Crippen molar-refractivity contribution in [3.05, 3.63) is 40.9 Å². The van der Waals surface area contributed by atoms with E-state index in [-0.39, 0.29) is 0 Å². The van der Waals surface area contributed by atoms with E-state index in [4.69, 9.17) is 4.98 Å². The van der Waals surface area contributed by atoms with Gasteiger partial charge in [-0.2, -0.15) is 0 Å². The van der Waals surface area contributed by atoms with E-state index < -0.39 is 5.60 Å². The molecular formula is C17H22N2OS. The Bertz CT molecular complexity index is 594. The van der Waals surface area contributed by atoms with Gasteiger partial charge in [-0.05, 0) is 26.7 Å². The second-order valence-corrected chi connectivity index (χ2v) is 7.14. The first-order chi connectivity index (χ1) is 10.0. The number of aromatic nitrogens is 1. The third-order valence-electron chi connectivity index (χ3n) is 4.17. The lowest BCUT2D eigenvalue weighted by Crippen LogP contribution is -2.41. The van der Waals surface area contributed by atoms with Crippen LogP contribution in [0.4, 0.5) is 0 Å². The highest BCUT2D eigenvalue weighted by molar-refractivity contribution is 7.13. The molecule has 3 rings (SSSR count). The fourth-order valence-corrected chi connectivity index (χ4v) is 3.45. The van der Waals surface area contributed by atoms with Crippen LogP contribution in [0.25, 0.3) is 10.6 Å². The van der Waals surface area contributed by atoms with Crippen molar-refractivity contribution < 1.29 is 5.11 Å². The Kier molecular flexibility index (Phi) is 4.11. The maximum atomic E-state index is 9.99. The van der Waals surface area contributed by atoms with Gasteiger partial charge in [-0.3, -0.25) is 4.90 Å². The van der Waals surface area contributed by atoms with E-state index in [0.717, 1.165) is 43.2 Å². The lowest BCUT2D eigenvalue weighted by molar-refractivity contribution is -0.00753. The van der Waals surface area contributed by atoms with E-state index in [2.05, 4.69) is 41.5 Å². The van der Waals surface area contributed by atoms with Gasteiger partial charge in [0.25, 0.3) is 0 Å². The molecule has 2 heterocycles. The number of likely N-dealkylation sites (tertiary alicyclic amines) is 1. The molecule has 1 aliphatic heterocycles. The Labute approximate surface area is 130 Å². The summed E-state index contributed by atoms with van der Waals surface area (Å²) in [5, 5.41) is 13.2. The van der Waals surface area contributed by atoms with E-state index in [1.165, 1.54) is 11.1 Å². The summed E-state index contributed by atoms with van der Waals surface area (Å²) in [6, 6.07) is 8.53. The third kappa shape index (κ3) is 3.70. The molecule has 4 heteroatoms. The summed E-state index contributed by atoms with van der Waals surface area (Å²) in [7, 11) is 0. The van der Waals surface area contributed by atoms with Gasteiger partial charge in [0.2, 0.25) is 0 Å². The Hall–Kier alpha value is -1.23. The summed E-state index contributed by atoms with van der Waals surface area (Å²) < 4.78 is 0. The van der Waals surface area contributed by atoms with Crippen LogP contribution < -0.4 is 0 Å². The van der Waals surface area contributed by atoms with E-state index in [1.807, 2.05) is 6.92 Å². The van der Waals surface area contributed by atoms with Crippen LogP contribution in [0.3, 0.4) is 0 Å². The Balaban J connectivity index is 1.64. The smallest absolute Gasteiger partial charge is 0.123 e. The third-order valence-corrected chi connectivity index (χ3v) is 5.11. The molecule has 1 aromatic carbocycles. The Morgan fingerprint density at radius 1 is 1.24 bits per heavy atom. The van der Waals surface area contributed by atoms with Crippen LogP contribution in [-0.4, -0.2) is 33.7 Å². The molecule has 1 fully saturated rings. The zero-order valence-electron chi connectivity index (χ0n) is 12.7. The van der Waals surface area contributed by atoms with Gasteiger partial charge in [-0.15, -0.1) is 11.3 Å². The van der Waals surface area contributed by atoms with Crippen LogP contribution in [0.5, 0.6) is 0 Å². The van der Waals surface area contributed by atoms with Gasteiger partial charge in [-0.25, -0.2) is 4.98 Å². The van der Waals surface area contributed by atoms with Crippen molar-refractivity contribution in [2.24, 2.45) is 0 Å². The summed E-state index contributed by atoms with van der Waals surface area (Å²) in [5.74, 6) is 0. The minimum absolute atomic E-state index is 0.481. The van der Waals surface area contributed by atoms with Crippen LogP contribution in [0.1, 0.15) is 31.0 Å². The molecule has 112 valence electrons. The van der Waals surface area contributed by atoms with E-state index in [9.17, 15) is 5.11 Å². The van der Waals surface area contributed by atoms with Crippen LogP contribution in [0.2, 0.25) is 0 Å². The summed E-state index contributed by atoms with van der Waals surface area (Å²) in [4.78, 5) is 7.14. The van der Waals surface area contributed by atoms with Gasteiger partial charge in [0, 0.05) is 30.6 Å². The van der Waals surface area contributed by atoms with Gasteiger partial charge >= 0.3 is 0 Å². The molecule has 1 saturated heterocycles. The number of thiazole rings is 1. The Morgan fingerprint density at radius 3 is 2.57 bits per heavy atom. The molecule has 3 nitrogen and oxygen atoms in total. The molecule has 0 saturated carbocycles. The van der Waals surface area contributed by atoms with Gasteiger partial charge in [-0.1, -0.05) is 29.8 Å². The largest absolute Gasteiger partial charge is 0.390 e. The molecule has 1 N–H and O–H groups in total. The Morgan fingerprint density at radius 2 is 1.90 bits per heavy atom. The highest BCUT2D eigenvalue weighted by atomic mass is 32.1. The topological polar surface area (TPSA) is 36.4 Å². The molecular weight excluding hydrogens is 280 g/mol. The zero-order chi connectivity index (χ0) is 14.9. The number of piperidine rings is 1. The fourth-order valence-electron chi connectivity index (χ4n) is 2.63. The molecule has 2 aromatic rings. The van der Waals surface area contributed by atoms with Crippen molar-refractivity contribution in [3.8, 4) is 10.6 Å². The number of benzene rings is 1.